The van der Waals surface area contributed by atoms with Gasteiger partial charge >= 0.3 is 7.82 Å². The molecule has 0 aromatic carbocycles. The largest absolute Gasteiger partial charge is 0.487 e. The van der Waals surface area contributed by atoms with Crippen molar-refractivity contribution in [3.63, 3.8) is 0 Å². The molecule has 0 aliphatic rings. The van der Waals surface area contributed by atoms with E-state index in [-0.39, 0.29) is 39.6 Å². The third-order valence-electron chi connectivity index (χ3n) is 4.32. The maximum Gasteiger partial charge on any atom is 0.487 e. The molecule has 0 rings (SSSR count). The first-order valence-electron chi connectivity index (χ1n) is 13.0. The zero-order valence-electron chi connectivity index (χ0n) is 26.5. The van der Waals surface area contributed by atoms with Gasteiger partial charge in [0.25, 0.3) is 17.9 Å². The van der Waals surface area contributed by atoms with Crippen LogP contribution in [0.4, 0.5) is 0 Å². The van der Waals surface area contributed by atoms with Crippen LogP contribution in [0.2, 0.25) is 0 Å². The minimum atomic E-state index is -4.87. The molecular formula is C30H51O10P. The van der Waals surface area contributed by atoms with E-state index in [2.05, 4.69) is 39.5 Å². The van der Waals surface area contributed by atoms with Crippen molar-refractivity contribution in [3.05, 3.63) is 72.9 Å². The maximum atomic E-state index is 14.6. The second-order valence-electron chi connectivity index (χ2n) is 10.8. The Morgan fingerprint density at radius 3 is 0.707 bits per heavy atom. The summed E-state index contributed by atoms with van der Waals surface area (Å²) in [5, 5.41) is 0. The van der Waals surface area contributed by atoms with Crippen molar-refractivity contribution in [1.82, 2.24) is 0 Å². The lowest BCUT2D eigenvalue weighted by molar-refractivity contribution is -0.379. The molecule has 0 saturated heterocycles. The van der Waals surface area contributed by atoms with Crippen LogP contribution in [0.1, 0.15) is 62.3 Å². The van der Waals surface area contributed by atoms with Crippen molar-refractivity contribution in [2.75, 3.05) is 39.6 Å². The fraction of sp³-hybridized carbons (Fsp3) is 0.600. The highest BCUT2D eigenvalue weighted by Gasteiger charge is 2.51. The van der Waals surface area contributed by atoms with Crippen LogP contribution >= 0.6 is 7.82 Å². The molecule has 41 heavy (non-hydrogen) atoms. The number of hydrogen-bond donors (Lipinski definition) is 0. The minimum absolute atomic E-state index is 0.00212. The molecule has 0 bridgehead atoms. The Kier molecular flexibility index (Phi) is 16.7. The first-order chi connectivity index (χ1) is 18.6. The van der Waals surface area contributed by atoms with Crippen LogP contribution in [-0.2, 0) is 46.6 Å². The lowest BCUT2D eigenvalue weighted by atomic mass is 10.4. The van der Waals surface area contributed by atoms with Crippen molar-refractivity contribution in [3.8, 4) is 0 Å². The molecule has 0 atom stereocenters. The number of hydrogen-bond acceptors (Lipinski definition) is 10. The third-order valence-corrected chi connectivity index (χ3v) is 5.98. The first kappa shape index (κ1) is 39.3. The minimum Gasteiger partial charge on any atom is -0.323 e. The van der Waals surface area contributed by atoms with E-state index < -0.39 is 25.7 Å². The Morgan fingerprint density at radius 2 is 0.585 bits per heavy atom. The van der Waals surface area contributed by atoms with E-state index in [1.165, 1.54) is 20.8 Å². The van der Waals surface area contributed by atoms with E-state index in [1.807, 2.05) is 0 Å². The smallest absolute Gasteiger partial charge is 0.323 e. The summed E-state index contributed by atoms with van der Waals surface area (Å²) < 4.78 is 67.3. The van der Waals surface area contributed by atoms with Crippen molar-refractivity contribution < 1.29 is 46.6 Å². The zero-order chi connectivity index (χ0) is 32.1. The van der Waals surface area contributed by atoms with Gasteiger partial charge in [-0.05, 0) is 41.5 Å². The molecule has 0 radical (unpaired) electrons. The average molecular weight is 603 g/mol. The molecule has 0 unspecified atom stereocenters. The molecule has 0 saturated carbocycles. The van der Waals surface area contributed by atoms with Gasteiger partial charge in [-0.3, -0.25) is 0 Å². The zero-order valence-corrected chi connectivity index (χ0v) is 27.4. The Bertz CT molecular complexity index is 822. The second kappa shape index (κ2) is 17.4. The van der Waals surface area contributed by atoms with E-state index >= 15 is 0 Å². The van der Waals surface area contributed by atoms with Crippen LogP contribution in [0.15, 0.2) is 72.9 Å². The summed E-state index contributed by atoms with van der Waals surface area (Å²) in [7, 11) is -4.87. The highest BCUT2D eigenvalue weighted by atomic mass is 31.2. The predicted octanol–water partition coefficient (Wildman–Crippen LogP) is 7.72. The van der Waals surface area contributed by atoms with Gasteiger partial charge in [0, 0.05) is 20.8 Å². The summed E-state index contributed by atoms with van der Waals surface area (Å²) in [6.07, 6.45) is 0. The monoisotopic (exact) mass is 602 g/mol. The van der Waals surface area contributed by atoms with Gasteiger partial charge in [0.05, 0.1) is 39.6 Å². The molecule has 0 aromatic heterocycles. The average Bonchev–Trinajstić information content (AvgIpc) is 2.81. The molecule has 0 N–H and O–H groups in total. The normalized spacial score (nSPS) is 12.7. The summed E-state index contributed by atoms with van der Waals surface area (Å²) in [5.74, 6) is -5.96. The van der Waals surface area contributed by atoms with Crippen molar-refractivity contribution in [2.24, 2.45) is 0 Å². The van der Waals surface area contributed by atoms with E-state index in [4.69, 9.17) is 42.0 Å². The summed E-state index contributed by atoms with van der Waals surface area (Å²) in [6.45, 7) is 37.7. The highest BCUT2D eigenvalue weighted by Crippen LogP contribution is 2.59. The summed E-state index contributed by atoms with van der Waals surface area (Å²) in [5.41, 5.74) is 3.88. The van der Waals surface area contributed by atoms with Gasteiger partial charge in [-0.15, -0.1) is 0 Å². The van der Waals surface area contributed by atoms with Crippen LogP contribution in [0.3, 0.4) is 0 Å². The predicted molar refractivity (Wildman–Crippen MR) is 161 cm³/mol. The van der Waals surface area contributed by atoms with Gasteiger partial charge in [0.15, 0.2) is 0 Å². The topological polar surface area (TPSA) is 100 Å². The first-order valence-corrected chi connectivity index (χ1v) is 14.5. The number of rotatable bonds is 24. The quantitative estimate of drug-likeness (QED) is 0.0620. The van der Waals surface area contributed by atoms with Crippen LogP contribution in [0.5, 0.6) is 0 Å². The fourth-order valence-corrected chi connectivity index (χ4v) is 4.12. The molecule has 0 aliphatic heterocycles. The van der Waals surface area contributed by atoms with Gasteiger partial charge < -0.3 is 28.4 Å². The summed E-state index contributed by atoms with van der Waals surface area (Å²) in [6, 6.07) is 0. The molecule has 0 spiro atoms. The van der Waals surface area contributed by atoms with Gasteiger partial charge in [-0.1, -0.05) is 72.9 Å². The van der Waals surface area contributed by atoms with Crippen LogP contribution < -0.4 is 0 Å². The molecule has 0 heterocycles. The SMILES string of the molecule is C=C(C)COC(C)(OCC(=C)C)OP(=O)(OC(C)(OCC(=C)C)OCC(=C)C)OC(C)(OCC(=C)C)OCC(=C)C. The van der Waals surface area contributed by atoms with Crippen LogP contribution in [0.25, 0.3) is 0 Å². The van der Waals surface area contributed by atoms with Crippen LogP contribution in [-0.4, -0.2) is 57.6 Å². The van der Waals surface area contributed by atoms with E-state index in [0.29, 0.717) is 33.4 Å². The third kappa shape index (κ3) is 18.5. The number of phosphoric ester groups is 1. The molecule has 0 amide bonds. The molecule has 10 nitrogen and oxygen atoms in total. The molecule has 0 fully saturated rings. The number of phosphoric acid groups is 1. The lowest BCUT2D eigenvalue weighted by Crippen LogP contribution is -2.43. The lowest BCUT2D eigenvalue weighted by Gasteiger charge is -2.39. The highest BCUT2D eigenvalue weighted by molar-refractivity contribution is 7.48. The van der Waals surface area contributed by atoms with Crippen LogP contribution in [0, 0.1) is 0 Å². The Morgan fingerprint density at radius 1 is 0.439 bits per heavy atom. The van der Waals surface area contributed by atoms with Crippen molar-refractivity contribution >= 4 is 7.82 Å². The van der Waals surface area contributed by atoms with E-state index in [9.17, 15) is 4.57 Å². The second-order valence-corrected chi connectivity index (χ2v) is 12.2. The van der Waals surface area contributed by atoms with E-state index in [0.717, 1.165) is 0 Å². The van der Waals surface area contributed by atoms with Gasteiger partial charge in [0.1, 0.15) is 0 Å². The Labute approximate surface area is 247 Å². The molecular weight excluding hydrogens is 551 g/mol. The molecule has 0 aliphatic carbocycles. The van der Waals surface area contributed by atoms with Gasteiger partial charge in [-0.2, -0.15) is 0 Å². The van der Waals surface area contributed by atoms with Gasteiger partial charge in [0.2, 0.25) is 0 Å². The Balaban J connectivity index is 6.81. The van der Waals surface area contributed by atoms with Crippen molar-refractivity contribution in [1.29, 1.82) is 0 Å². The summed E-state index contributed by atoms with van der Waals surface area (Å²) >= 11 is 0. The summed E-state index contributed by atoms with van der Waals surface area (Å²) in [4.78, 5) is 0. The Hall–Kier alpha value is -1.69. The van der Waals surface area contributed by atoms with Gasteiger partial charge in [-0.25, -0.2) is 18.1 Å². The molecule has 0 aromatic rings. The maximum absolute atomic E-state index is 14.6. The van der Waals surface area contributed by atoms with E-state index in [1.54, 1.807) is 41.5 Å². The fourth-order valence-electron chi connectivity index (χ4n) is 2.47. The van der Waals surface area contributed by atoms with Crippen molar-refractivity contribution in [2.45, 2.75) is 80.2 Å². The molecule has 11 heteroatoms. The number of ether oxygens (including phenoxy) is 6. The standard InChI is InChI=1S/C30H51O10P/c1-22(2)16-32-28(13,33-17-23(3)4)38-41(31,39-29(14,34-18-24(5)6)35-19-25(7)8)40-30(15,36-20-26(9)10)37-21-27(11)12/h1,3,5,7,9,11,16-21H2,2,4,6,8,10,12-15H3. The molecule has 236 valence electrons.